The van der Waals surface area contributed by atoms with Crippen molar-refractivity contribution in [2.75, 3.05) is 19.6 Å². The number of nitrogens with zero attached hydrogens (tertiary/aromatic N) is 1. The third kappa shape index (κ3) is 3.93. The Morgan fingerprint density at radius 2 is 1.95 bits per heavy atom. The van der Waals surface area contributed by atoms with Crippen LogP contribution in [0.15, 0.2) is 0 Å². The van der Waals surface area contributed by atoms with Gasteiger partial charge in [0.15, 0.2) is 0 Å². The molecular formula is C16H31NO2. The van der Waals surface area contributed by atoms with Gasteiger partial charge < -0.3 is 15.1 Å². The Hall–Kier alpha value is -0.120. The number of aliphatic hydroxyl groups is 2. The third-order valence-electron chi connectivity index (χ3n) is 5.19. The fourth-order valence-corrected chi connectivity index (χ4v) is 3.76. The normalized spacial score (nSPS) is 41.7. The molecule has 4 atom stereocenters. The lowest BCUT2D eigenvalue weighted by atomic mass is 9.68. The maximum Gasteiger partial charge on any atom is 0.0758 e. The average molecular weight is 269 g/mol. The van der Waals surface area contributed by atoms with Crippen LogP contribution in [0.4, 0.5) is 0 Å². The highest BCUT2D eigenvalue weighted by atomic mass is 16.3. The molecule has 0 aromatic rings. The van der Waals surface area contributed by atoms with Crippen LogP contribution in [0.3, 0.4) is 0 Å². The van der Waals surface area contributed by atoms with E-state index in [1.165, 1.54) is 0 Å². The molecule has 0 radical (unpaired) electrons. The summed E-state index contributed by atoms with van der Waals surface area (Å²) < 4.78 is 0. The predicted octanol–water partition coefficient (Wildman–Crippen LogP) is 2.27. The monoisotopic (exact) mass is 269 g/mol. The number of hydrogen-bond donors (Lipinski definition) is 2. The van der Waals surface area contributed by atoms with E-state index in [4.69, 9.17) is 0 Å². The standard InChI is InChI=1S/C16H31NO2/c1-15(2,3)13-5-6-14(18)12(9-13)10-17-8-7-16(4,19)11-17/h12-14,18-19H,5-11H2,1-4H3. The van der Waals surface area contributed by atoms with E-state index in [1.807, 2.05) is 6.92 Å². The van der Waals surface area contributed by atoms with Crippen LogP contribution in [0.1, 0.15) is 53.4 Å². The zero-order valence-electron chi connectivity index (χ0n) is 13.0. The van der Waals surface area contributed by atoms with Gasteiger partial charge >= 0.3 is 0 Å². The third-order valence-corrected chi connectivity index (χ3v) is 5.19. The maximum atomic E-state index is 10.3. The topological polar surface area (TPSA) is 43.7 Å². The van der Waals surface area contributed by atoms with Gasteiger partial charge in [0.05, 0.1) is 11.7 Å². The van der Waals surface area contributed by atoms with Gasteiger partial charge in [0.1, 0.15) is 0 Å². The fraction of sp³-hybridized carbons (Fsp3) is 1.00. The van der Waals surface area contributed by atoms with Crippen molar-refractivity contribution in [1.29, 1.82) is 0 Å². The minimum Gasteiger partial charge on any atom is -0.393 e. The summed E-state index contributed by atoms with van der Waals surface area (Å²) in [6.07, 6.45) is 3.93. The van der Waals surface area contributed by atoms with Gasteiger partial charge in [-0.05, 0) is 49.9 Å². The molecule has 2 N–H and O–H groups in total. The van der Waals surface area contributed by atoms with Crippen molar-refractivity contribution < 1.29 is 10.2 Å². The second-order valence-electron chi connectivity index (χ2n) is 8.19. The number of likely N-dealkylation sites (tertiary alicyclic amines) is 1. The number of aliphatic hydroxyl groups excluding tert-OH is 1. The quantitative estimate of drug-likeness (QED) is 0.808. The Morgan fingerprint density at radius 3 is 2.47 bits per heavy atom. The first-order valence-electron chi connectivity index (χ1n) is 7.80. The van der Waals surface area contributed by atoms with E-state index < -0.39 is 5.60 Å². The zero-order valence-corrected chi connectivity index (χ0v) is 13.0. The van der Waals surface area contributed by atoms with E-state index in [2.05, 4.69) is 25.7 Å². The van der Waals surface area contributed by atoms with Gasteiger partial charge in [0, 0.05) is 19.6 Å². The lowest BCUT2D eigenvalue weighted by Crippen LogP contribution is -2.41. The lowest BCUT2D eigenvalue weighted by molar-refractivity contribution is 0.000991. The minimum absolute atomic E-state index is 0.149. The molecule has 0 aromatic carbocycles. The molecule has 1 heterocycles. The molecule has 1 saturated carbocycles. The van der Waals surface area contributed by atoms with Crippen LogP contribution in [0.25, 0.3) is 0 Å². The van der Waals surface area contributed by atoms with Gasteiger partial charge in [-0.15, -0.1) is 0 Å². The highest BCUT2D eigenvalue weighted by Gasteiger charge is 2.38. The minimum atomic E-state index is -0.525. The van der Waals surface area contributed by atoms with Crippen LogP contribution in [0.2, 0.25) is 0 Å². The molecule has 1 aliphatic carbocycles. The van der Waals surface area contributed by atoms with E-state index in [-0.39, 0.29) is 6.10 Å². The number of rotatable bonds is 2. The molecule has 0 spiro atoms. The van der Waals surface area contributed by atoms with E-state index in [9.17, 15) is 10.2 Å². The number of hydrogen-bond acceptors (Lipinski definition) is 3. The molecule has 3 nitrogen and oxygen atoms in total. The predicted molar refractivity (Wildman–Crippen MR) is 78.0 cm³/mol. The zero-order chi connectivity index (χ0) is 14.3. The first-order chi connectivity index (χ1) is 8.67. The van der Waals surface area contributed by atoms with Gasteiger partial charge in [-0.25, -0.2) is 0 Å². The molecule has 2 rings (SSSR count). The Kier molecular flexibility index (Phi) is 4.29. The Bertz CT molecular complexity index is 308. The van der Waals surface area contributed by atoms with Crippen molar-refractivity contribution in [2.45, 2.75) is 65.1 Å². The smallest absolute Gasteiger partial charge is 0.0758 e. The summed E-state index contributed by atoms with van der Waals surface area (Å²) in [6.45, 7) is 11.5. The molecule has 0 amide bonds. The van der Waals surface area contributed by atoms with Crippen LogP contribution in [0, 0.1) is 17.3 Å². The van der Waals surface area contributed by atoms with Crippen molar-refractivity contribution in [3.8, 4) is 0 Å². The van der Waals surface area contributed by atoms with Crippen LogP contribution >= 0.6 is 0 Å². The first kappa shape index (κ1) is 15.3. The van der Waals surface area contributed by atoms with Crippen molar-refractivity contribution in [3.63, 3.8) is 0 Å². The Morgan fingerprint density at radius 1 is 1.26 bits per heavy atom. The van der Waals surface area contributed by atoms with Gasteiger partial charge in [-0.1, -0.05) is 20.8 Å². The highest BCUT2D eigenvalue weighted by Crippen LogP contribution is 2.41. The fourth-order valence-electron chi connectivity index (χ4n) is 3.76. The average Bonchev–Trinajstić information content (AvgIpc) is 2.60. The second kappa shape index (κ2) is 5.34. The number of β-amino-alcohol motifs (C(OH)–C–C–N with tert-alkyl or cyclic N) is 1. The van der Waals surface area contributed by atoms with Gasteiger partial charge in [-0.2, -0.15) is 0 Å². The second-order valence-corrected chi connectivity index (χ2v) is 8.19. The molecule has 112 valence electrons. The summed E-state index contributed by atoms with van der Waals surface area (Å²) >= 11 is 0. The summed E-state index contributed by atoms with van der Waals surface area (Å²) in [5.41, 5.74) is -0.183. The molecule has 3 heteroatoms. The van der Waals surface area contributed by atoms with Crippen LogP contribution < -0.4 is 0 Å². The van der Waals surface area contributed by atoms with Crippen molar-refractivity contribution >= 4 is 0 Å². The van der Waals surface area contributed by atoms with Crippen molar-refractivity contribution in [3.05, 3.63) is 0 Å². The largest absolute Gasteiger partial charge is 0.393 e. The highest BCUT2D eigenvalue weighted by molar-refractivity contribution is 4.91. The van der Waals surface area contributed by atoms with Crippen molar-refractivity contribution in [2.24, 2.45) is 17.3 Å². The molecule has 0 bridgehead atoms. The lowest BCUT2D eigenvalue weighted by Gasteiger charge is -2.41. The van der Waals surface area contributed by atoms with Gasteiger partial charge in [0.25, 0.3) is 0 Å². The molecule has 1 aliphatic heterocycles. The SMILES string of the molecule is CC1(O)CCN(CC2CC(C(C)(C)C)CCC2O)C1. The van der Waals surface area contributed by atoms with E-state index in [1.54, 1.807) is 0 Å². The van der Waals surface area contributed by atoms with Crippen molar-refractivity contribution in [1.82, 2.24) is 4.90 Å². The summed E-state index contributed by atoms with van der Waals surface area (Å²) in [5.74, 6) is 1.09. The molecule has 0 aromatic heterocycles. The molecule has 2 aliphatic rings. The molecule has 1 saturated heterocycles. The molecular weight excluding hydrogens is 238 g/mol. The van der Waals surface area contributed by atoms with Crippen LogP contribution in [-0.4, -0.2) is 46.5 Å². The molecule has 2 fully saturated rings. The van der Waals surface area contributed by atoms with E-state index in [0.29, 0.717) is 17.3 Å². The maximum absolute atomic E-state index is 10.3. The summed E-state index contributed by atoms with van der Waals surface area (Å²) in [4.78, 5) is 2.33. The van der Waals surface area contributed by atoms with E-state index >= 15 is 0 Å². The Balaban J connectivity index is 1.91. The summed E-state index contributed by atoms with van der Waals surface area (Å²) in [7, 11) is 0. The molecule has 4 unspecified atom stereocenters. The van der Waals surface area contributed by atoms with Gasteiger partial charge in [-0.3, -0.25) is 0 Å². The summed E-state index contributed by atoms with van der Waals surface area (Å²) in [6, 6.07) is 0. The van der Waals surface area contributed by atoms with Crippen LogP contribution in [-0.2, 0) is 0 Å². The molecule has 19 heavy (non-hydrogen) atoms. The van der Waals surface area contributed by atoms with E-state index in [0.717, 1.165) is 45.3 Å². The first-order valence-corrected chi connectivity index (χ1v) is 7.80. The van der Waals surface area contributed by atoms with Crippen LogP contribution in [0.5, 0.6) is 0 Å². The Labute approximate surface area is 118 Å². The van der Waals surface area contributed by atoms with Gasteiger partial charge in [0.2, 0.25) is 0 Å². The summed E-state index contributed by atoms with van der Waals surface area (Å²) in [5, 5.41) is 20.3.